The molecule has 2 unspecified atom stereocenters. The summed E-state index contributed by atoms with van der Waals surface area (Å²) in [7, 11) is 0. The third kappa shape index (κ3) is 22.1. The minimum absolute atomic E-state index is 0. The van der Waals surface area contributed by atoms with E-state index in [9.17, 15) is 26.3 Å². The van der Waals surface area contributed by atoms with Gasteiger partial charge in [0.2, 0.25) is 0 Å². The molecule has 0 aromatic heterocycles. The molecule has 0 saturated heterocycles. The summed E-state index contributed by atoms with van der Waals surface area (Å²) in [6.07, 6.45) is 0. The quantitative estimate of drug-likeness (QED) is 0.311. The number of rotatable bonds is 0. The molecule has 0 radical (unpaired) electrons. The first-order valence-corrected chi connectivity index (χ1v) is 4.36. The first-order chi connectivity index (χ1) is 5.89. The number of hydrogen-bond acceptors (Lipinski definition) is 4. The monoisotopic (exact) mass is 366 g/mol. The summed E-state index contributed by atoms with van der Waals surface area (Å²) in [4.78, 5) is 0. The van der Waals surface area contributed by atoms with E-state index in [0.29, 0.717) is 0 Å². The summed E-state index contributed by atoms with van der Waals surface area (Å²) < 4.78 is 99.0. The molecule has 0 bridgehead atoms. The Balaban J connectivity index is -0.0000000480. The van der Waals surface area contributed by atoms with Crippen molar-refractivity contribution in [3.8, 4) is 0 Å². The zero-order chi connectivity index (χ0) is 12.2. The maximum atomic E-state index is 10.6. The van der Waals surface area contributed by atoms with Crippen LogP contribution in [0.3, 0.4) is 0 Å². The zero-order valence-electron chi connectivity index (χ0n) is 7.42. The van der Waals surface area contributed by atoms with E-state index >= 15 is 0 Å². The van der Waals surface area contributed by atoms with Crippen molar-refractivity contribution in [2.45, 2.75) is 11.0 Å². The average molecular weight is 368 g/mol. The summed E-state index contributed by atoms with van der Waals surface area (Å²) >= 11 is -7.87. The van der Waals surface area contributed by atoms with Gasteiger partial charge in [-0.05, 0) is 0 Å². The first kappa shape index (κ1) is 30.4. The third-order valence-corrected chi connectivity index (χ3v) is 1.13. The van der Waals surface area contributed by atoms with E-state index < -0.39 is 33.2 Å². The van der Waals surface area contributed by atoms with Crippen LogP contribution in [0.1, 0.15) is 0 Å². The fourth-order valence-corrected chi connectivity index (χ4v) is 0. The molecule has 0 saturated carbocycles. The standard InChI is InChI=1S/2CHF3O2S.2H2O.Zn/c2*2-1(3,4)7(5)6;;;/h2*(H,5,6);2*1H2;/q;;;;+2/p-2. The molecule has 0 rings (SSSR count). The molecular weight excluding hydrogens is 364 g/mol. The topological polar surface area (TPSA) is 143 Å². The van der Waals surface area contributed by atoms with E-state index in [1.165, 1.54) is 0 Å². The average Bonchev–Trinajstić information content (AvgIpc) is 1.83. The van der Waals surface area contributed by atoms with Crippen molar-refractivity contribution in [2.24, 2.45) is 0 Å². The Morgan fingerprint density at radius 3 is 0.765 bits per heavy atom. The predicted molar refractivity (Wildman–Crippen MR) is 37.2 cm³/mol. The van der Waals surface area contributed by atoms with Crippen LogP contribution in [-0.2, 0) is 41.6 Å². The van der Waals surface area contributed by atoms with Crippen molar-refractivity contribution in [1.82, 2.24) is 0 Å². The van der Waals surface area contributed by atoms with Crippen LogP contribution in [0, 0.1) is 0 Å². The molecule has 0 heterocycles. The van der Waals surface area contributed by atoms with Gasteiger partial charge in [0.15, 0.2) is 0 Å². The van der Waals surface area contributed by atoms with Gasteiger partial charge in [-0.15, -0.1) is 0 Å². The van der Waals surface area contributed by atoms with Gasteiger partial charge in [-0.25, -0.2) is 0 Å². The summed E-state index contributed by atoms with van der Waals surface area (Å²) in [6, 6.07) is 0. The molecule has 15 heteroatoms. The minimum Gasteiger partial charge on any atom is -0.766 e. The Kier molecular flexibility index (Phi) is 20.5. The van der Waals surface area contributed by atoms with E-state index in [2.05, 4.69) is 0 Å². The van der Waals surface area contributed by atoms with Gasteiger partial charge in [0, 0.05) is 0 Å². The molecule has 17 heavy (non-hydrogen) atoms. The Morgan fingerprint density at radius 2 is 0.765 bits per heavy atom. The molecule has 0 aliphatic heterocycles. The van der Waals surface area contributed by atoms with Crippen LogP contribution >= 0.6 is 0 Å². The van der Waals surface area contributed by atoms with Gasteiger partial charge in [-0.2, -0.15) is 26.3 Å². The number of alkyl halides is 6. The molecule has 0 fully saturated rings. The molecular formula is C2H4F6O6S2Zn. The van der Waals surface area contributed by atoms with Crippen molar-refractivity contribution < 1.29 is 74.3 Å². The summed E-state index contributed by atoms with van der Waals surface area (Å²) in [5, 5.41) is 0. The molecule has 2 atom stereocenters. The van der Waals surface area contributed by atoms with E-state index in [1.54, 1.807) is 0 Å². The van der Waals surface area contributed by atoms with Crippen molar-refractivity contribution in [3.05, 3.63) is 0 Å². The zero-order valence-corrected chi connectivity index (χ0v) is 12.0. The summed E-state index contributed by atoms with van der Waals surface area (Å²) in [6.45, 7) is 0. The molecule has 6 nitrogen and oxygen atoms in total. The summed E-state index contributed by atoms with van der Waals surface area (Å²) in [5.74, 6) is 0. The Hall–Kier alpha value is 0.343. The van der Waals surface area contributed by atoms with Crippen molar-refractivity contribution in [1.29, 1.82) is 0 Å². The van der Waals surface area contributed by atoms with Crippen LogP contribution in [0.4, 0.5) is 26.3 Å². The molecule has 104 valence electrons. The number of halogens is 6. The van der Waals surface area contributed by atoms with E-state index in [-0.39, 0.29) is 30.4 Å². The predicted octanol–water partition coefficient (Wildman–Crippen LogP) is -0.881. The van der Waals surface area contributed by atoms with Gasteiger partial charge in [0.1, 0.15) is 0 Å². The van der Waals surface area contributed by atoms with Crippen LogP contribution in [0.25, 0.3) is 0 Å². The molecule has 0 aromatic rings. The minimum atomic E-state index is -5.08. The van der Waals surface area contributed by atoms with Gasteiger partial charge in [0.25, 0.3) is 0 Å². The third-order valence-electron chi connectivity index (χ3n) is 0.378. The second kappa shape index (κ2) is 11.4. The van der Waals surface area contributed by atoms with Crippen molar-refractivity contribution in [3.63, 3.8) is 0 Å². The fourth-order valence-electron chi connectivity index (χ4n) is 0. The molecule has 0 spiro atoms. The second-order valence-corrected chi connectivity index (χ2v) is 3.23. The molecule has 0 amide bonds. The Bertz CT molecular complexity index is 204. The van der Waals surface area contributed by atoms with Gasteiger partial charge in [0.05, 0.1) is 22.2 Å². The van der Waals surface area contributed by atoms with E-state index in [0.717, 1.165) is 0 Å². The van der Waals surface area contributed by atoms with Crippen LogP contribution in [0.15, 0.2) is 0 Å². The van der Waals surface area contributed by atoms with Gasteiger partial charge >= 0.3 is 30.5 Å². The maximum Gasteiger partial charge on any atom is 2.00 e. The van der Waals surface area contributed by atoms with Crippen LogP contribution < -0.4 is 0 Å². The van der Waals surface area contributed by atoms with Gasteiger partial charge in [-0.1, -0.05) is 0 Å². The smallest absolute Gasteiger partial charge is 0.766 e. The normalized spacial score (nSPS) is 13.6. The Morgan fingerprint density at radius 1 is 0.706 bits per heavy atom. The van der Waals surface area contributed by atoms with Gasteiger partial charge in [-0.3, -0.25) is 8.42 Å². The Labute approximate surface area is 108 Å². The SMILES string of the molecule is O.O.O=S([O-])C(F)(F)F.O=S([O-])C(F)(F)F.[Zn+2]. The van der Waals surface area contributed by atoms with Crippen molar-refractivity contribution >= 4 is 22.2 Å². The molecule has 0 aliphatic rings. The van der Waals surface area contributed by atoms with E-state index in [1.807, 2.05) is 0 Å². The van der Waals surface area contributed by atoms with Crippen molar-refractivity contribution in [2.75, 3.05) is 0 Å². The molecule has 0 aromatic carbocycles. The molecule has 0 aliphatic carbocycles. The fraction of sp³-hybridized carbons (Fsp3) is 1.00. The van der Waals surface area contributed by atoms with Crippen LogP contribution in [0.5, 0.6) is 0 Å². The maximum absolute atomic E-state index is 10.6. The van der Waals surface area contributed by atoms with Crippen LogP contribution in [0.2, 0.25) is 0 Å². The van der Waals surface area contributed by atoms with Gasteiger partial charge < -0.3 is 20.1 Å². The number of hydrogen-bond donors (Lipinski definition) is 0. The molecule has 4 N–H and O–H groups in total. The largest absolute Gasteiger partial charge is 2.00 e. The van der Waals surface area contributed by atoms with E-state index in [4.69, 9.17) is 17.5 Å². The van der Waals surface area contributed by atoms with Crippen LogP contribution in [-0.4, -0.2) is 39.5 Å². The second-order valence-electron chi connectivity index (χ2n) is 1.36. The first-order valence-electron chi connectivity index (χ1n) is 2.21. The summed E-state index contributed by atoms with van der Waals surface area (Å²) in [5.41, 5.74) is -10.2.